The Kier molecular flexibility index (Phi) is 3.19. The van der Waals surface area contributed by atoms with Gasteiger partial charge in [0, 0.05) is 10.5 Å². The lowest BCUT2D eigenvalue weighted by molar-refractivity contribution is 0.188. The Hall–Kier alpha value is -1.03. The molecule has 0 aromatic heterocycles. The van der Waals surface area contributed by atoms with Crippen LogP contribution >= 0.6 is 15.9 Å². The third-order valence-corrected chi connectivity index (χ3v) is 4.03. The molecule has 0 unspecified atom stereocenters. The highest BCUT2D eigenvalue weighted by Crippen LogP contribution is 2.29. The molecule has 1 aromatic rings. The molecule has 1 aromatic carbocycles. The molecular formula is C12H14BrNO2. The molecule has 1 amide bonds. The highest BCUT2D eigenvalue weighted by molar-refractivity contribution is 9.10. The molecule has 86 valence electrons. The van der Waals surface area contributed by atoms with Crippen molar-refractivity contribution < 1.29 is 9.90 Å². The van der Waals surface area contributed by atoms with Crippen LogP contribution in [-0.2, 0) is 12.8 Å². The van der Waals surface area contributed by atoms with Gasteiger partial charge in [-0.3, -0.25) is 0 Å². The van der Waals surface area contributed by atoms with E-state index >= 15 is 0 Å². The minimum atomic E-state index is -0.928. The van der Waals surface area contributed by atoms with Crippen LogP contribution in [0.15, 0.2) is 16.6 Å². The molecule has 0 heterocycles. The van der Waals surface area contributed by atoms with Crippen LogP contribution in [0.4, 0.5) is 4.79 Å². The first-order valence-electron chi connectivity index (χ1n) is 5.34. The van der Waals surface area contributed by atoms with Crippen LogP contribution in [0, 0.1) is 6.92 Å². The summed E-state index contributed by atoms with van der Waals surface area (Å²) in [6.45, 7) is 2.11. The van der Waals surface area contributed by atoms with Gasteiger partial charge in [0.15, 0.2) is 0 Å². The molecule has 1 atom stereocenters. The van der Waals surface area contributed by atoms with Crippen molar-refractivity contribution in [2.45, 2.75) is 32.2 Å². The molecular weight excluding hydrogens is 270 g/mol. The summed E-state index contributed by atoms with van der Waals surface area (Å²) in [6.07, 6.45) is 1.71. The largest absolute Gasteiger partial charge is 0.465 e. The fourth-order valence-electron chi connectivity index (χ4n) is 2.31. The van der Waals surface area contributed by atoms with Gasteiger partial charge in [0.05, 0.1) is 0 Å². The number of hydrogen-bond acceptors (Lipinski definition) is 1. The minimum Gasteiger partial charge on any atom is -0.465 e. The molecule has 0 saturated heterocycles. The average molecular weight is 284 g/mol. The lowest BCUT2D eigenvalue weighted by Gasteiger charge is -2.26. The molecule has 0 saturated carbocycles. The highest BCUT2D eigenvalue weighted by Gasteiger charge is 2.21. The zero-order chi connectivity index (χ0) is 11.7. The second-order valence-electron chi connectivity index (χ2n) is 4.20. The third-order valence-electron chi connectivity index (χ3n) is 3.17. The highest BCUT2D eigenvalue weighted by atomic mass is 79.9. The zero-order valence-electron chi connectivity index (χ0n) is 9.09. The second-order valence-corrected chi connectivity index (χ2v) is 5.05. The van der Waals surface area contributed by atoms with Gasteiger partial charge < -0.3 is 10.4 Å². The summed E-state index contributed by atoms with van der Waals surface area (Å²) >= 11 is 3.52. The Morgan fingerprint density at radius 2 is 2.31 bits per heavy atom. The fourth-order valence-corrected chi connectivity index (χ4v) is 2.68. The maximum atomic E-state index is 10.6. The maximum absolute atomic E-state index is 10.6. The number of carboxylic acid groups (broad SMARTS) is 1. The van der Waals surface area contributed by atoms with Crippen LogP contribution in [0.2, 0.25) is 0 Å². The average Bonchev–Trinajstić information content (AvgIpc) is 2.23. The molecule has 2 rings (SSSR count). The third kappa shape index (κ3) is 2.21. The second kappa shape index (κ2) is 4.45. The van der Waals surface area contributed by atoms with E-state index in [-0.39, 0.29) is 6.04 Å². The number of carbonyl (C=O) groups is 1. The summed E-state index contributed by atoms with van der Waals surface area (Å²) in [5, 5.41) is 11.3. The smallest absolute Gasteiger partial charge is 0.404 e. The molecule has 0 fully saturated rings. The van der Waals surface area contributed by atoms with Crippen molar-refractivity contribution in [3.05, 3.63) is 33.3 Å². The van der Waals surface area contributed by atoms with Crippen molar-refractivity contribution in [2.75, 3.05) is 0 Å². The monoisotopic (exact) mass is 283 g/mol. The van der Waals surface area contributed by atoms with Gasteiger partial charge in [-0.1, -0.05) is 22.0 Å². The van der Waals surface area contributed by atoms with Gasteiger partial charge in [0.25, 0.3) is 0 Å². The predicted octanol–water partition coefficient (Wildman–Crippen LogP) is 2.88. The molecule has 1 aliphatic rings. The standard InChI is InChI=1S/C12H14BrNO2/c1-7-10-4-3-9(14-12(15)16)6-8(10)2-5-11(7)13/h2,5,9,14H,3-4,6H2,1H3,(H,15,16)/t9-/m1/s1. The minimum absolute atomic E-state index is 0.0607. The number of rotatable bonds is 1. The molecule has 4 heteroatoms. The van der Waals surface area contributed by atoms with Gasteiger partial charge in [-0.05, 0) is 48.9 Å². The van der Waals surface area contributed by atoms with Crippen molar-refractivity contribution in [2.24, 2.45) is 0 Å². The van der Waals surface area contributed by atoms with Gasteiger partial charge in [0.2, 0.25) is 0 Å². The molecule has 0 aliphatic heterocycles. The molecule has 3 nitrogen and oxygen atoms in total. The fraction of sp³-hybridized carbons (Fsp3) is 0.417. The van der Waals surface area contributed by atoms with Crippen LogP contribution in [0.3, 0.4) is 0 Å². The summed E-state index contributed by atoms with van der Waals surface area (Å²) < 4.78 is 1.14. The zero-order valence-corrected chi connectivity index (χ0v) is 10.7. The molecule has 0 bridgehead atoms. The summed E-state index contributed by atoms with van der Waals surface area (Å²) in [4.78, 5) is 10.6. The first kappa shape index (κ1) is 11.5. The van der Waals surface area contributed by atoms with Crippen molar-refractivity contribution in [3.63, 3.8) is 0 Å². The van der Waals surface area contributed by atoms with Crippen LogP contribution in [0.1, 0.15) is 23.1 Å². The topological polar surface area (TPSA) is 49.3 Å². The van der Waals surface area contributed by atoms with Crippen LogP contribution in [0.25, 0.3) is 0 Å². The Morgan fingerprint density at radius 3 is 3.00 bits per heavy atom. The summed E-state index contributed by atoms with van der Waals surface area (Å²) in [7, 11) is 0. The normalized spacial score (nSPS) is 19.0. The van der Waals surface area contributed by atoms with E-state index in [0.29, 0.717) is 0 Å². The van der Waals surface area contributed by atoms with Crippen LogP contribution in [-0.4, -0.2) is 17.2 Å². The van der Waals surface area contributed by atoms with E-state index in [4.69, 9.17) is 5.11 Å². The van der Waals surface area contributed by atoms with E-state index < -0.39 is 6.09 Å². The Labute approximate surface area is 103 Å². The van der Waals surface area contributed by atoms with E-state index in [1.54, 1.807) is 0 Å². The van der Waals surface area contributed by atoms with Crippen LogP contribution < -0.4 is 5.32 Å². The number of benzene rings is 1. The van der Waals surface area contributed by atoms with E-state index in [0.717, 1.165) is 23.7 Å². The van der Waals surface area contributed by atoms with E-state index in [1.807, 2.05) is 6.07 Å². The molecule has 0 radical (unpaired) electrons. The number of halogens is 1. The predicted molar refractivity (Wildman–Crippen MR) is 65.9 cm³/mol. The SMILES string of the molecule is Cc1c(Br)ccc2c1CC[C@@H](NC(=O)O)C2. The molecule has 1 aliphatic carbocycles. The van der Waals surface area contributed by atoms with Crippen molar-refractivity contribution in [1.29, 1.82) is 0 Å². The van der Waals surface area contributed by atoms with Gasteiger partial charge in [-0.2, -0.15) is 0 Å². The molecule has 16 heavy (non-hydrogen) atoms. The number of nitrogens with one attached hydrogen (secondary N) is 1. The van der Waals surface area contributed by atoms with Gasteiger partial charge in [0.1, 0.15) is 0 Å². The molecule has 0 spiro atoms. The van der Waals surface area contributed by atoms with E-state index in [2.05, 4.69) is 34.2 Å². The first-order chi connectivity index (χ1) is 7.58. The Morgan fingerprint density at radius 1 is 1.56 bits per heavy atom. The summed E-state index contributed by atoms with van der Waals surface area (Å²) in [6, 6.07) is 4.19. The Bertz CT molecular complexity index is 431. The number of amides is 1. The van der Waals surface area contributed by atoms with E-state index in [1.165, 1.54) is 16.7 Å². The van der Waals surface area contributed by atoms with Gasteiger partial charge in [-0.15, -0.1) is 0 Å². The first-order valence-corrected chi connectivity index (χ1v) is 6.13. The number of hydrogen-bond donors (Lipinski definition) is 2. The van der Waals surface area contributed by atoms with Crippen molar-refractivity contribution in [1.82, 2.24) is 5.32 Å². The summed E-state index contributed by atoms with van der Waals surface area (Å²) in [5.41, 5.74) is 3.93. The van der Waals surface area contributed by atoms with Crippen molar-refractivity contribution >= 4 is 22.0 Å². The van der Waals surface area contributed by atoms with Gasteiger partial charge in [-0.25, -0.2) is 4.79 Å². The summed E-state index contributed by atoms with van der Waals surface area (Å²) in [5.74, 6) is 0. The lowest BCUT2D eigenvalue weighted by atomic mass is 9.86. The molecule has 2 N–H and O–H groups in total. The Balaban J connectivity index is 2.22. The van der Waals surface area contributed by atoms with E-state index in [9.17, 15) is 4.79 Å². The van der Waals surface area contributed by atoms with Gasteiger partial charge >= 0.3 is 6.09 Å². The quantitative estimate of drug-likeness (QED) is 0.833. The van der Waals surface area contributed by atoms with Crippen LogP contribution in [0.5, 0.6) is 0 Å². The van der Waals surface area contributed by atoms with Crippen molar-refractivity contribution in [3.8, 4) is 0 Å². The lowest BCUT2D eigenvalue weighted by Crippen LogP contribution is -2.38. The maximum Gasteiger partial charge on any atom is 0.404 e. The number of fused-ring (bicyclic) bond motifs is 1.